The minimum absolute atomic E-state index is 0.00277. The molecule has 94 valence electrons. The Morgan fingerprint density at radius 3 is 2.38 bits per heavy atom. The summed E-state index contributed by atoms with van der Waals surface area (Å²) in [6.07, 6.45) is 12.0. The fraction of sp³-hybridized carbons (Fsp3) is 0.733. The van der Waals surface area contributed by atoms with Crippen LogP contribution in [0.1, 0.15) is 65.7 Å². The summed E-state index contributed by atoms with van der Waals surface area (Å²) in [6, 6.07) is 0. The van der Waals surface area contributed by atoms with E-state index in [1.807, 2.05) is 12.2 Å². The zero-order chi connectivity index (χ0) is 12.4. The van der Waals surface area contributed by atoms with Crippen LogP contribution >= 0.6 is 0 Å². The van der Waals surface area contributed by atoms with Crippen LogP contribution in [0.5, 0.6) is 0 Å². The predicted molar refractivity (Wildman–Crippen MR) is 72.7 cm³/mol. The minimum Gasteiger partial charge on any atom is -0.513 e. The fourth-order valence-electron chi connectivity index (χ4n) is 1.63. The summed E-state index contributed by atoms with van der Waals surface area (Å²) in [7, 11) is 0. The molecule has 0 heterocycles. The van der Waals surface area contributed by atoms with E-state index in [0.717, 1.165) is 6.42 Å². The normalized spacial score (nSPS) is 12.8. The van der Waals surface area contributed by atoms with Gasteiger partial charge in [-0.05, 0) is 24.3 Å². The standard InChI is InChI=1S/C15H28O/c1-5-7-8-9-10-11-12-14(16)13-15(3,4)6-2/h6,12,16H,2,5,7-11,13H2,1,3-4H3. The van der Waals surface area contributed by atoms with Gasteiger partial charge in [-0.25, -0.2) is 0 Å². The van der Waals surface area contributed by atoms with Gasteiger partial charge in [-0.1, -0.05) is 52.5 Å². The fourth-order valence-corrected chi connectivity index (χ4v) is 1.63. The lowest BCUT2D eigenvalue weighted by Crippen LogP contribution is -2.07. The van der Waals surface area contributed by atoms with Crippen molar-refractivity contribution in [2.75, 3.05) is 0 Å². The first-order valence-electron chi connectivity index (χ1n) is 6.53. The lowest BCUT2D eigenvalue weighted by molar-refractivity contribution is 0.326. The maximum atomic E-state index is 9.73. The SMILES string of the molecule is C=CC(C)(C)CC(O)=CCCCCCCC. The molecule has 0 amide bonds. The quantitative estimate of drug-likeness (QED) is 0.316. The number of unbranched alkanes of at least 4 members (excludes halogenated alkanes) is 5. The Kier molecular flexibility index (Phi) is 8.05. The molecule has 1 N–H and O–H groups in total. The van der Waals surface area contributed by atoms with E-state index in [9.17, 15) is 5.11 Å². The second-order valence-electron chi connectivity index (χ2n) is 5.27. The molecule has 0 aliphatic heterocycles. The van der Waals surface area contributed by atoms with Crippen LogP contribution in [0.3, 0.4) is 0 Å². The molecule has 0 aromatic heterocycles. The Morgan fingerprint density at radius 1 is 1.19 bits per heavy atom. The van der Waals surface area contributed by atoms with Crippen molar-refractivity contribution in [2.45, 2.75) is 65.7 Å². The van der Waals surface area contributed by atoms with Gasteiger partial charge >= 0.3 is 0 Å². The molecule has 0 radical (unpaired) electrons. The van der Waals surface area contributed by atoms with Crippen LogP contribution < -0.4 is 0 Å². The molecule has 0 unspecified atom stereocenters. The van der Waals surface area contributed by atoms with Crippen molar-refractivity contribution in [1.82, 2.24) is 0 Å². The van der Waals surface area contributed by atoms with Crippen molar-refractivity contribution in [2.24, 2.45) is 5.41 Å². The average Bonchev–Trinajstić information content (AvgIpc) is 2.22. The first kappa shape index (κ1) is 15.3. The maximum Gasteiger partial charge on any atom is 0.0891 e. The van der Waals surface area contributed by atoms with Crippen molar-refractivity contribution in [3.63, 3.8) is 0 Å². The number of hydrogen-bond acceptors (Lipinski definition) is 1. The molecule has 0 aliphatic carbocycles. The van der Waals surface area contributed by atoms with Crippen molar-refractivity contribution in [3.8, 4) is 0 Å². The van der Waals surface area contributed by atoms with Crippen molar-refractivity contribution in [3.05, 3.63) is 24.5 Å². The Bertz CT molecular complexity index is 213. The van der Waals surface area contributed by atoms with Gasteiger partial charge in [0, 0.05) is 6.42 Å². The van der Waals surface area contributed by atoms with E-state index in [4.69, 9.17) is 0 Å². The molecule has 0 spiro atoms. The van der Waals surface area contributed by atoms with Crippen molar-refractivity contribution >= 4 is 0 Å². The summed E-state index contributed by atoms with van der Waals surface area (Å²) in [5.41, 5.74) is 0.00277. The zero-order valence-electron chi connectivity index (χ0n) is 11.3. The van der Waals surface area contributed by atoms with Crippen LogP contribution in [0.2, 0.25) is 0 Å². The third-order valence-corrected chi connectivity index (χ3v) is 2.88. The maximum absolute atomic E-state index is 9.73. The highest BCUT2D eigenvalue weighted by Crippen LogP contribution is 2.25. The monoisotopic (exact) mass is 224 g/mol. The topological polar surface area (TPSA) is 20.2 Å². The van der Waals surface area contributed by atoms with Crippen LogP contribution in [-0.4, -0.2) is 5.11 Å². The van der Waals surface area contributed by atoms with E-state index >= 15 is 0 Å². The lowest BCUT2D eigenvalue weighted by Gasteiger charge is -2.18. The van der Waals surface area contributed by atoms with Gasteiger partial charge < -0.3 is 5.11 Å². The van der Waals surface area contributed by atoms with Gasteiger partial charge in [0.2, 0.25) is 0 Å². The molecule has 0 aliphatic rings. The Labute approximate surface area is 101 Å². The largest absolute Gasteiger partial charge is 0.513 e. The van der Waals surface area contributed by atoms with Crippen LogP contribution in [0.15, 0.2) is 24.5 Å². The van der Waals surface area contributed by atoms with Gasteiger partial charge in [0.1, 0.15) is 0 Å². The van der Waals surface area contributed by atoms with Gasteiger partial charge in [0.15, 0.2) is 0 Å². The molecule has 0 saturated heterocycles. The van der Waals surface area contributed by atoms with Crippen LogP contribution in [0, 0.1) is 5.41 Å². The van der Waals surface area contributed by atoms with Crippen LogP contribution in [0.25, 0.3) is 0 Å². The molecule has 0 aromatic carbocycles. The molecular formula is C15H28O. The summed E-state index contributed by atoms with van der Waals surface area (Å²) in [6.45, 7) is 10.2. The number of hydrogen-bond donors (Lipinski definition) is 1. The first-order chi connectivity index (χ1) is 7.52. The van der Waals surface area contributed by atoms with Crippen molar-refractivity contribution in [1.29, 1.82) is 0 Å². The molecule has 0 bridgehead atoms. The highest BCUT2D eigenvalue weighted by molar-refractivity contribution is 5.00. The summed E-state index contributed by atoms with van der Waals surface area (Å²) in [4.78, 5) is 0. The number of allylic oxidation sites excluding steroid dienone is 3. The van der Waals surface area contributed by atoms with E-state index in [-0.39, 0.29) is 5.41 Å². The van der Waals surface area contributed by atoms with E-state index in [1.54, 1.807) is 0 Å². The number of aliphatic hydroxyl groups excluding tert-OH is 1. The predicted octanol–water partition coefficient (Wildman–Crippen LogP) is 5.39. The van der Waals surface area contributed by atoms with Crippen LogP contribution in [0.4, 0.5) is 0 Å². The lowest BCUT2D eigenvalue weighted by atomic mass is 9.88. The van der Waals surface area contributed by atoms with Crippen LogP contribution in [-0.2, 0) is 0 Å². The Morgan fingerprint density at radius 2 is 1.81 bits per heavy atom. The molecule has 0 fully saturated rings. The molecule has 0 atom stereocenters. The summed E-state index contributed by atoms with van der Waals surface area (Å²) in [5, 5.41) is 9.73. The number of rotatable bonds is 9. The minimum atomic E-state index is 0.00277. The molecule has 0 saturated carbocycles. The highest BCUT2D eigenvalue weighted by Gasteiger charge is 2.14. The van der Waals surface area contributed by atoms with Gasteiger partial charge in [0.25, 0.3) is 0 Å². The third-order valence-electron chi connectivity index (χ3n) is 2.88. The summed E-state index contributed by atoms with van der Waals surface area (Å²) >= 11 is 0. The Balaban J connectivity index is 3.67. The van der Waals surface area contributed by atoms with Crippen molar-refractivity contribution < 1.29 is 5.11 Å². The second-order valence-corrected chi connectivity index (χ2v) is 5.27. The van der Waals surface area contributed by atoms with Gasteiger partial charge in [-0.3, -0.25) is 0 Å². The molecule has 0 rings (SSSR count). The molecule has 1 nitrogen and oxygen atoms in total. The van der Waals surface area contributed by atoms with E-state index in [2.05, 4.69) is 27.4 Å². The average molecular weight is 224 g/mol. The van der Waals surface area contributed by atoms with Gasteiger partial charge in [-0.2, -0.15) is 0 Å². The highest BCUT2D eigenvalue weighted by atomic mass is 16.3. The molecule has 16 heavy (non-hydrogen) atoms. The second kappa shape index (κ2) is 8.43. The van der Waals surface area contributed by atoms with E-state index in [1.165, 1.54) is 32.1 Å². The van der Waals surface area contributed by atoms with Gasteiger partial charge in [0.05, 0.1) is 5.76 Å². The molecule has 0 aromatic rings. The summed E-state index contributed by atoms with van der Waals surface area (Å²) in [5.74, 6) is 0.514. The smallest absolute Gasteiger partial charge is 0.0891 e. The number of aliphatic hydroxyl groups is 1. The first-order valence-corrected chi connectivity index (χ1v) is 6.53. The van der Waals surface area contributed by atoms with Gasteiger partial charge in [-0.15, -0.1) is 6.58 Å². The Hall–Kier alpha value is -0.720. The molecular weight excluding hydrogens is 196 g/mol. The zero-order valence-corrected chi connectivity index (χ0v) is 11.3. The van der Waals surface area contributed by atoms with E-state index < -0.39 is 0 Å². The summed E-state index contributed by atoms with van der Waals surface area (Å²) < 4.78 is 0. The third kappa shape index (κ3) is 8.58. The van der Waals surface area contributed by atoms with E-state index in [0.29, 0.717) is 12.2 Å². The molecule has 1 heteroatoms.